The van der Waals surface area contributed by atoms with Crippen LogP contribution >= 0.6 is 7.82 Å². The number of rotatable bonds is 64. The maximum atomic E-state index is 12.8. The molecule has 0 amide bonds. The SMILES string of the molecule is CC/C=C\C/C=C\C/C=C\C/C=C\CCCCCCCCCCCCCCCCCCCCCCCCCCCCCCC(=O)OC(COC(=O)CCCCCCCCCCCCCCCCC)COP(=O)([O-])OCC[N+](C)(C)C. The zero-order valence-corrected chi connectivity index (χ0v) is 54.4. The summed E-state index contributed by atoms with van der Waals surface area (Å²) in [6.45, 7) is 4.18. The lowest BCUT2D eigenvalue weighted by Gasteiger charge is -2.28. The molecule has 0 aromatic heterocycles. The van der Waals surface area contributed by atoms with E-state index in [-0.39, 0.29) is 32.0 Å². The van der Waals surface area contributed by atoms with E-state index in [1.165, 1.54) is 244 Å². The van der Waals surface area contributed by atoms with Crippen LogP contribution in [0.1, 0.15) is 335 Å². The van der Waals surface area contributed by atoms with Gasteiger partial charge in [-0.05, 0) is 51.4 Å². The highest BCUT2D eigenvalue weighted by Crippen LogP contribution is 2.38. The van der Waals surface area contributed by atoms with Crippen molar-refractivity contribution in [2.45, 2.75) is 341 Å². The Morgan fingerprint density at radius 1 is 0.400 bits per heavy atom. The van der Waals surface area contributed by atoms with Gasteiger partial charge in [0, 0.05) is 12.8 Å². The summed E-state index contributed by atoms with van der Waals surface area (Å²) in [5, 5.41) is 0. The minimum Gasteiger partial charge on any atom is -0.756 e. The van der Waals surface area contributed by atoms with Crippen LogP contribution in [0.3, 0.4) is 0 Å². The van der Waals surface area contributed by atoms with Gasteiger partial charge < -0.3 is 27.9 Å². The number of phosphoric acid groups is 1. The molecule has 0 aromatic rings. The lowest BCUT2D eigenvalue weighted by Crippen LogP contribution is -2.37. The highest BCUT2D eigenvalue weighted by atomic mass is 31.2. The number of hydrogen-bond donors (Lipinski definition) is 0. The van der Waals surface area contributed by atoms with Crippen molar-refractivity contribution in [3.8, 4) is 0 Å². The summed E-state index contributed by atoms with van der Waals surface area (Å²) in [6.07, 6.45) is 79.3. The van der Waals surface area contributed by atoms with Crippen LogP contribution in [0.5, 0.6) is 0 Å². The Morgan fingerprint density at radius 3 is 1.06 bits per heavy atom. The molecule has 9 nitrogen and oxygen atoms in total. The molecule has 80 heavy (non-hydrogen) atoms. The first-order chi connectivity index (χ1) is 39.0. The van der Waals surface area contributed by atoms with Crippen molar-refractivity contribution in [3.63, 3.8) is 0 Å². The topological polar surface area (TPSA) is 111 Å². The molecule has 0 aliphatic rings. The Bertz CT molecular complexity index is 1490. The van der Waals surface area contributed by atoms with Crippen LogP contribution < -0.4 is 4.89 Å². The molecular weight excluding hydrogens is 1010 g/mol. The first kappa shape index (κ1) is 78.0. The molecule has 0 rings (SSSR count). The van der Waals surface area contributed by atoms with Gasteiger partial charge in [-0.2, -0.15) is 0 Å². The number of esters is 2. The average Bonchev–Trinajstić information content (AvgIpc) is 3.42. The first-order valence-corrected chi connectivity index (χ1v) is 35.8. The Morgan fingerprint density at radius 2 is 0.713 bits per heavy atom. The van der Waals surface area contributed by atoms with Crippen molar-refractivity contribution in [3.05, 3.63) is 48.6 Å². The summed E-state index contributed by atoms with van der Waals surface area (Å²) >= 11 is 0. The fourth-order valence-corrected chi connectivity index (χ4v) is 10.9. The van der Waals surface area contributed by atoms with Gasteiger partial charge in [-0.1, -0.05) is 319 Å². The molecule has 0 bridgehead atoms. The monoisotopic (exact) mass is 1150 g/mol. The van der Waals surface area contributed by atoms with Crippen LogP contribution in [0, 0.1) is 0 Å². The summed E-state index contributed by atoms with van der Waals surface area (Å²) < 4.78 is 34.2. The number of ether oxygens (including phenoxy) is 2. The number of allylic oxidation sites excluding steroid dienone is 8. The quantitative estimate of drug-likeness (QED) is 0.0195. The third-order valence-corrected chi connectivity index (χ3v) is 16.3. The van der Waals surface area contributed by atoms with E-state index in [0.717, 1.165) is 57.8 Å². The molecule has 10 heteroatoms. The van der Waals surface area contributed by atoms with Gasteiger partial charge in [0.2, 0.25) is 0 Å². The Kier molecular flexibility index (Phi) is 60.0. The lowest BCUT2D eigenvalue weighted by molar-refractivity contribution is -0.870. The van der Waals surface area contributed by atoms with Gasteiger partial charge in [0.25, 0.3) is 7.82 Å². The number of carbonyl (C=O) groups is 2. The maximum absolute atomic E-state index is 12.8. The van der Waals surface area contributed by atoms with E-state index < -0.39 is 26.5 Å². The standard InChI is InChI=1S/C70H132NO8P/c1-6-8-10-12-14-16-18-20-22-23-24-25-26-27-28-29-30-31-32-33-34-35-36-37-38-39-40-41-42-43-44-45-46-47-49-51-53-55-57-59-61-63-70(73)79-68(67-78-80(74,75)77-65-64-71(3,4)5)66-76-69(72)62-60-58-56-54-52-50-48-21-19-17-15-13-11-9-7-2/h8,10,14,16,20,22,24-25,68H,6-7,9,11-13,15,17-19,21,23,26-67H2,1-5H3/b10-8-,16-14-,22-20-,25-24-. The number of carbonyl (C=O) groups excluding carboxylic acids is 2. The number of likely N-dealkylation sites (N-methyl/N-ethyl adjacent to an activating group) is 1. The number of phosphoric ester groups is 1. The molecule has 0 spiro atoms. The van der Waals surface area contributed by atoms with Crippen molar-refractivity contribution in [1.29, 1.82) is 0 Å². The predicted octanol–water partition coefficient (Wildman–Crippen LogP) is 21.4. The molecular formula is C70H132NO8P. The van der Waals surface area contributed by atoms with Gasteiger partial charge in [0.15, 0.2) is 6.10 Å². The van der Waals surface area contributed by atoms with E-state index in [4.69, 9.17) is 18.5 Å². The molecule has 0 radical (unpaired) electrons. The highest BCUT2D eigenvalue weighted by Gasteiger charge is 2.22. The molecule has 0 aromatic carbocycles. The molecule has 0 N–H and O–H groups in total. The second kappa shape index (κ2) is 61.5. The maximum Gasteiger partial charge on any atom is 0.306 e. The summed E-state index contributed by atoms with van der Waals surface area (Å²) in [5.74, 6) is -0.813. The summed E-state index contributed by atoms with van der Waals surface area (Å²) in [4.78, 5) is 37.9. The van der Waals surface area contributed by atoms with Crippen LogP contribution in [0.2, 0.25) is 0 Å². The van der Waals surface area contributed by atoms with E-state index in [0.29, 0.717) is 17.4 Å². The highest BCUT2D eigenvalue weighted by molar-refractivity contribution is 7.45. The summed E-state index contributed by atoms with van der Waals surface area (Å²) in [6, 6.07) is 0. The minimum atomic E-state index is -4.63. The molecule has 0 fully saturated rings. The fraction of sp³-hybridized carbons (Fsp3) is 0.857. The number of unbranched alkanes of at least 4 members (excludes halogenated alkanes) is 42. The third-order valence-electron chi connectivity index (χ3n) is 15.4. The molecule has 0 saturated carbocycles. The Labute approximate surface area is 496 Å². The summed E-state index contributed by atoms with van der Waals surface area (Å²) in [5.41, 5.74) is 0. The van der Waals surface area contributed by atoms with E-state index in [2.05, 4.69) is 62.5 Å². The van der Waals surface area contributed by atoms with Gasteiger partial charge in [0.1, 0.15) is 19.8 Å². The second-order valence-corrected chi connectivity index (χ2v) is 25.9. The van der Waals surface area contributed by atoms with Crippen molar-refractivity contribution < 1.29 is 42.1 Å². The minimum absolute atomic E-state index is 0.0271. The first-order valence-electron chi connectivity index (χ1n) is 34.3. The van der Waals surface area contributed by atoms with E-state index in [9.17, 15) is 19.0 Å². The van der Waals surface area contributed by atoms with Crippen molar-refractivity contribution in [1.82, 2.24) is 0 Å². The smallest absolute Gasteiger partial charge is 0.306 e. The number of hydrogen-bond acceptors (Lipinski definition) is 8. The Balaban J connectivity index is 3.84. The number of nitrogens with zero attached hydrogens (tertiary/aromatic N) is 1. The summed E-state index contributed by atoms with van der Waals surface area (Å²) in [7, 11) is 1.19. The molecule has 470 valence electrons. The average molecular weight is 1150 g/mol. The van der Waals surface area contributed by atoms with Crippen LogP contribution in [0.4, 0.5) is 0 Å². The van der Waals surface area contributed by atoms with Crippen molar-refractivity contribution >= 4 is 19.8 Å². The molecule has 0 aliphatic heterocycles. The van der Waals surface area contributed by atoms with Crippen molar-refractivity contribution in [2.75, 3.05) is 47.5 Å². The molecule has 2 unspecified atom stereocenters. The van der Waals surface area contributed by atoms with Gasteiger partial charge in [-0.25, -0.2) is 0 Å². The van der Waals surface area contributed by atoms with Gasteiger partial charge in [0.05, 0.1) is 27.7 Å². The molecule has 0 saturated heterocycles. The Hall–Kier alpha value is -2.03. The molecule has 0 aliphatic carbocycles. The zero-order valence-electron chi connectivity index (χ0n) is 53.5. The van der Waals surface area contributed by atoms with E-state index >= 15 is 0 Å². The number of quaternary nitrogens is 1. The van der Waals surface area contributed by atoms with Crippen LogP contribution in [-0.4, -0.2) is 70.0 Å². The van der Waals surface area contributed by atoms with Crippen LogP contribution in [0.25, 0.3) is 0 Å². The molecule has 0 heterocycles. The van der Waals surface area contributed by atoms with E-state index in [1.54, 1.807) is 0 Å². The largest absolute Gasteiger partial charge is 0.756 e. The third kappa shape index (κ3) is 65.1. The van der Waals surface area contributed by atoms with Gasteiger partial charge in [-0.15, -0.1) is 0 Å². The predicted molar refractivity (Wildman–Crippen MR) is 342 cm³/mol. The van der Waals surface area contributed by atoms with Gasteiger partial charge >= 0.3 is 11.9 Å². The normalized spacial score (nSPS) is 13.4. The lowest BCUT2D eigenvalue weighted by atomic mass is 10.0. The van der Waals surface area contributed by atoms with Crippen LogP contribution in [-0.2, 0) is 32.7 Å². The fourth-order valence-electron chi connectivity index (χ4n) is 10.1. The second-order valence-electron chi connectivity index (χ2n) is 24.5. The van der Waals surface area contributed by atoms with Crippen LogP contribution in [0.15, 0.2) is 48.6 Å². The molecule has 2 atom stereocenters. The van der Waals surface area contributed by atoms with Crippen molar-refractivity contribution in [2.24, 2.45) is 0 Å². The zero-order chi connectivity index (χ0) is 58.4. The van der Waals surface area contributed by atoms with Gasteiger partial charge in [-0.3, -0.25) is 14.2 Å². The van der Waals surface area contributed by atoms with E-state index in [1.807, 2.05) is 21.1 Å².